The van der Waals surface area contributed by atoms with E-state index in [2.05, 4.69) is 21.4 Å². The van der Waals surface area contributed by atoms with Gasteiger partial charge in [-0.15, -0.1) is 0 Å². The van der Waals surface area contributed by atoms with E-state index in [1.54, 1.807) is 26.0 Å². The zero-order chi connectivity index (χ0) is 31.0. The molecule has 0 radical (unpaired) electrons. The van der Waals surface area contributed by atoms with E-state index in [9.17, 15) is 19.2 Å². The topological polar surface area (TPSA) is 138 Å². The number of carbonyl (C=O) groups is 4. The fourth-order valence-corrected chi connectivity index (χ4v) is 5.17. The SMILES string of the molecule is CO[C@@H]1C=CCOc2cccc(c2)[C@@H](C(C)C)NC(=O)[C@@H]2CCCN(N2)C(=O)[C@H](C)NC(=O)[C@H](C(C)C)NC(=O)[C@@H]1C. The van der Waals surface area contributed by atoms with E-state index in [4.69, 9.17) is 9.47 Å². The largest absolute Gasteiger partial charge is 0.490 e. The van der Waals surface area contributed by atoms with Gasteiger partial charge in [0.1, 0.15) is 30.5 Å². The summed E-state index contributed by atoms with van der Waals surface area (Å²) in [5.74, 6) is -1.46. The monoisotopic (exact) mass is 585 g/mol. The van der Waals surface area contributed by atoms with Crippen LogP contribution in [0.2, 0.25) is 0 Å². The van der Waals surface area contributed by atoms with Gasteiger partial charge in [0.15, 0.2) is 0 Å². The predicted octanol–water partition coefficient (Wildman–Crippen LogP) is 2.24. The number of nitrogens with zero attached hydrogens (tertiary/aromatic N) is 1. The summed E-state index contributed by atoms with van der Waals surface area (Å²) in [7, 11) is 1.52. The zero-order valence-electron chi connectivity index (χ0n) is 25.8. The lowest BCUT2D eigenvalue weighted by molar-refractivity contribution is -0.143. The second kappa shape index (κ2) is 15.2. The van der Waals surface area contributed by atoms with Crippen LogP contribution in [-0.4, -0.2) is 73.1 Å². The third-order valence-electron chi connectivity index (χ3n) is 7.78. The maximum atomic E-state index is 13.4. The summed E-state index contributed by atoms with van der Waals surface area (Å²) in [6, 6.07) is 4.99. The van der Waals surface area contributed by atoms with Gasteiger partial charge in [0.05, 0.1) is 18.1 Å². The molecule has 2 heterocycles. The van der Waals surface area contributed by atoms with Crippen molar-refractivity contribution in [2.75, 3.05) is 20.3 Å². The number of amides is 4. The molecule has 1 aromatic rings. The van der Waals surface area contributed by atoms with E-state index >= 15 is 0 Å². The van der Waals surface area contributed by atoms with Crippen LogP contribution in [0, 0.1) is 17.8 Å². The first-order valence-corrected chi connectivity index (χ1v) is 14.8. The number of benzene rings is 1. The van der Waals surface area contributed by atoms with Gasteiger partial charge in [-0.1, -0.05) is 52.8 Å². The van der Waals surface area contributed by atoms with Crippen molar-refractivity contribution in [3.05, 3.63) is 42.0 Å². The van der Waals surface area contributed by atoms with Gasteiger partial charge >= 0.3 is 0 Å². The second-order valence-corrected chi connectivity index (χ2v) is 11.8. The molecule has 1 aromatic carbocycles. The van der Waals surface area contributed by atoms with Crippen molar-refractivity contribution in [2.24, 2.45) is 17.8 Å². The molecule has 2 aliphatic rings. The number of rotatable bonds is 3. The highest BCUT2D eigenvalue weighted by Gasteiger charge is 2.34. The summed E-state index contributed by atoms with van der Waals surface area (Å²) in [6.07, 6.45) is 4.21. The van der Waals surface area contributed by atoms with Crippen molar-refractivity contribution >= 4 is 23.6 Å². The zero-order valence-corrected chi connectivity index (χ0v) is 25.8. The lowest BCUT2D eigenvalue weighted by Crippen LogP contribution is -2.62. The molecule has 1 saturated heterocycles. The Balaban J connectivity index is 1.92. The van der Waals surface area contributed by atoms with Crippen LogP contribution in [0.1, 0.15) is 66.0 Å². The molecular formula is C31H47N5O6. The van der Waals surface area contributed by atoms with Gasteiger partial charge in [-0.25, -0.2) is 5.43 Å². The first-order valence-electron chi connectivity index (χ1n) is 14.8. The highest BCUT2D eigenvalue weighted by Crippen LogP contribution is 2.26. The number of carbonyl (C=O) groups excluding carboxylic acids is 4. The van der Waals surface area contributed by atoms with Gasteiger partial charge in [-0.05, 0) is 55.4 Å². The first kappa shape index (κ1) is 33.1. The molecule has 11 nitrogen and oxygen atoms in total. The maximum Gasteiger partial charge on any atom is 0.258 e. The fourth-order valence-electron chi connectivity index (χ4n) is 5.17. The van der Waals surface area contributed by atoms with Crippen molar-refractivity contribution in [1.82, 2.24) is 26.4 Å². The van der Waals surface area contributed by atoms with Crippen molar-refractivity contribution in [2.45, 2.75) is 84.7 Å². The maximum absolute atomic E-state index is 13.4. The minimum absolute atomic E-state index is 0.0928. The highest BCUT2D eigenvalue weighted by atomic mass is 16.5. The van der Waals surface area contributed by atoms with E-state index in [1.807, 2.05) is 52.0 Å². The fraction of sp³-hybridized carbons (Fsp3) is 0.613. The van der Waals surface area contributed by atoms with Crippen LogP contribution in [0.25, 0.3) is 0 Å². The summed E-state index contributed by atoms with van der Waals surface area (Å²) < 4.78 is 11.5. The summed E-state index contributed by atoms with van der Waals surface area (Å²) in [5, 5.41) is 10.1. The van der Waals surface area contributed by atoms with Crippen LogP contribution in [0.5, 0.6) is 5.75 Å². The first-order chi connectivity index (χ1) is 19.9. The Kier molecular flexibility index (Phi) is 11.9. The predicted molar refractivity (Wildman–Crippen MR) is 159 cm³/mol. The molecule has 2 aliphatic heterocycles. The molecule has 0 unspecified atom stereocenters. The van der Waals surface area contributed by atoms with E-state index in [0.29, 0.717) is 25.1 Å². The average molecular weight is 586 g/mol. The van der Waals surface area contributed by atoms with E-state index < -0.39 is 36.1 Å². The lowest BCUT2D eigenvalue weighted by atomic mass is 9.95. The summed E-state index contributed by atoms with van der Waals surface area (Å²) in [4.78, 5) is 53.1. The van der Waals surface area contributed by atoms with Gasteiger partial charge in [-0.2, -0.15) is 0 Å². The molecule has 1 fully saturated rings. The number of ether oxygens (including phenoxy) is 2. The van der Waals surface area contributed by atoms with Gasteiger partial charge in [0, 0.05) is 13.7 Å². The Bertz CT molecular complexity index is 1140. The molecule has 11 heteroatoms. The standard InChI is InChI=1S/C31H47N5O6/c1-18(2)26-22-11-8-12-23(17-22)42-16-10-14-25(41-7)20(5)28(37)34-27(19(3)4)30(39)32-21(6)31(40)36-15-9-13-24(35-36)29(38)33-26/h8,10-12,14,17-21,24-27,35H,9,13,15-16H2,1-7H3,(H,32,39)(H,33,38)(H,34,37)/t20-,21+,24+,25-,26-,27+/m1/s1. The molecule has 0 aromatic heterocycles. The Morgan fingerprint density at radius 2 is 1.62 bits per heavy atom. The Hall–Kier alpha value is -3.44. The molecular weight excluding hydrogens is 538 g/mol. The number of hydrogen-bond donors (Lipinski definition) is 4. The minimum atomic E-state index is -0.874. The molecule has 4 N–H and O–H groups in total. The third-order valence-corrected chi connectivity index (χ3v) is 7.78. The van der Waals surface area contributed by atoms with Crippen molar-refractivity contribution in [3.63, 3.8) is 0 Å². The van der Waals surface area contributed by atoms with Gasteiger partial charge in [-0.3, -0.25) is 24.2 Å². The van der Waals surface area contributed by atoms with E-state index in [0.717, 1.165) is 5.56 Å². The number of fused-ring (bicyclic) bond motifs is 4. The quantitative estimate of drug-likeness (QED) is 0.399. The number of hydrogen-bond acceptors (Lipinski definition) is 7. The third kappa shape index (κ3) is 8.54. The smallest absolute Gasteiger partial charge is 0.258 e. The van der Waals surface area contributed by atoms with Crippen LogP contribution in [0.15, 0.2) is 36.4 Å². The molecule has 0 spiro atoms. The van der Waals surface area contributed by atoms with Crippen LogP contribution in [0.4, 0.5) is 0 Å². The number of nitrogens with one attached hydrogen (secondary N) is 4. The van der Waals surface area contributed by atoms with Crippen LogP contribution < -0.4 is 26.1 Å². The summed E-state index contributed by atoms with van der Waals surface area (Å²) in [5.41, 5.74) is 3.97. The van der Waals surface area contributed by atoms with Gasteiger partial charge in [0.2, 0.25) is 17.7 Å². The minimum Gasteiger partial charge on any atom is -0.490 e. The molecule has 4 amide bonds. The molecule has 6 atom stereocenters. The van der Waals surface area contributed by atoms with E-state index in [1.165, 1.54) is 12.1 Å². The van der Waals surface area contributed by atoms with Crippen LogP contribution >= 0.6 is 0 Å². The summed E-state index contributed by atoms with van der Waals surface area (Å²) >= 11 is 0. The highest BCUT2D eigenvalue weighted by molar-refractivity contribution is 5.92. The normalized spacial score (nSPS) is 28.7. The molecule has 0 saturated carbocycles. The van der Waals surface area contributed by atoms with Crippen molar-refractivity contribution in [1.29, 1.82) is 0 Å². The lowest BCUT2D eigenvalue weighted by Gasteiger charge is -2.36. The average Bonchev–Trinajstić information content (AvgIpc) is 2.97. The molecule has 232 valence electrons. The molecule has 3 rings (SSSR count). The Morgan fingerprint density at radius 1 is 0.929 bits per heavy atom. The van der Waals surface area contributed by atoms with Gasteiger partial charge < -0.3 is 25.4 Å². The van der Waals surface area contributed by atoms with Crippen LogP contribution in [-0.2, 0) is 23.9 Å². The van der Waals surface area contributed by atoms with Crippen molar-refractivity contribution < 1.29 is 28.7 Å². The number of methoxy groups -OCH3 is 1. The van der Waals surface area contributed by atoms with Gasteiger partial charge in [0.25, 0.3) is 5.91 Å². The molecule has 0 aliphatic carbocycles. The molecule has 42 heavy (non-hydrogen) atoms. The van der Waals surface area contributed by atoms with Crippen molar-refractivity contribution in [3.8, 4) is 5.75 Å². The summed E-state index contributed by atoms with van der Waals surface area (Å²) in [6.45, 7) is 11.7. The van der Waals surface area contributed by atoms with Crippen LogP contribution in [0.3, 0.4) is 0 Å². The Morgan fingerprint density at radius 3 is 2.29 bits per heavy atom. The molecule has 4 bridgehead atoms. The number of hydrazine groups is 1. The second-order valence-electron chi connectivity index (χ2n) is 11.8. The Labute approximate surface area is 249 Å². The van der Waals surface area contributed by atoms with E-state index in [-0.39, 0.29) is 42.2 Å².